The highest BCUT2D eigenvalue weighted by Crippen LogP contribution is 2.29. The largest absolute Gasteiger partial charge is 0.488 e. The predicted octanol–water partition coefficient (Wildman–Crippen LogP) is 2.53. The summed E-state index contributed by atoms with van der Waals surface area (Å²) < 4.78 is 11.9. The number of likely N-dealkylation sites (N-methyl/N-ethyl adjacent to an activating group) is 1. The molecule has 0 spiro atoms. The highest BCUT2D eigenvalue weighted by molar-refractivity contribution is 5.28. The Kier molecular flexibility index (Phi) is 4.61. The fourth-order valence-corrected chi connectivity index (χ4v) is 2.32. The van der Waals surface area contributed by atoms with E-state index in [1.165, 1.54) is 5.56 Å². The molecule has 0 bridgehead atoms. The summed E-state index contributed by atoms with van der Waals surface area (Å²) in [6.07, 6.45) is 2.41. The van der Waals surface area contributed by atoms with Gasteiger partial charge in [0.2, 0.25) is 0 Å². The number of ether oxygens (including phenoxy) is 2. The van der Waals surface area contributed by atoms with Gasteiger partial charge in [-0.05, 0) is 38.1 Å². The van der Waals surface area contributed by atoms with Gasteiger partial charge in [-0.2, -0.15) is 0 Å². The molecular weight excluding hydrogens is 226 g/mol. The van der Waals surface area contributed by atoms with Gasteiger partial charge in [-0.1, -0.05) is 19.1 Å². The smallest absolute Gasteiger partial charge is 0.128 e. The Bertz CT molecular complexity index is 381. The van der Waals surface area contributed by atoms with Crippen molar-refractivity contribution >= 4 is 0 Å². The van der Waals surface area contributed by atoms with Crippen molar-refractivity contribution in [2.24, 2.45) is 0 Å². The van der Waals surface area contributed by atoms with Gasteiger partial charge in [0.1, 0.15) is 18.0 Å². The van der Waals surface area contributed by atoms with Crippen molar-refractivity contribution in [3.63, 3.8) is 0 Å². The molecule has 0 amide bonds. The maximum absolute atomic E-state index is 6.01. The Morgan fingerprint density at radius 2 is 2.22 bits per heavy atom. The lowest BCUT2D eigenvalue weighted by molar-refractivity contribution is -0.106. The molecule has 0 saturated heterocycles. The average molecular weight is 249 g/mol. The molecule has 100 valence electrons. The maximum atomic E-state index is 6.01. The normalized spacial score (nSPS) is 26.7. The Balaban J connectivity index is 1.92. The van der Waals surface area contributed by atoms with Crippen LogP contribution in [0, 0.1) is 6.92 Å². The third-order valence-corrected chi connectivity index (χ3v) is 3.41. The summed E-state index contributed by atoms with van der Waals surface area (Å²) in [6, 6.07) is 8.61. The number of benzene rings is 1. The van der Waals surface area contributed by atoms with Gasteiger partial charge in [0.05, 0.1) is 0 Å². The highest BCUT2D eigenvalue weighted by atomic mass is 16.5. The summed E-state index contributed by atoms with van der Waals surface area (Å²) in [5, 5.41) is 3.28. The third-order valence-electron chi connectivity index (χ3n) is 3.41. The summed E-state index contributed by atoms with van der Waals surface area (Å²) in [5.41, 5.74) is 1.23. The second-order valence-corrected chi connectivity index (χ2v) is 4.94. The van der Waals surface area contributed by atoms with Crippen LogP contribution in [-0.4, -0.2) is 31.9 Å². The van der Waals surface area contributed by atoms with Crippen LogP contribution >= 0.6 is 0 Å². The summed E-state index contributed by atoms with van der Waals surface area (Å²) >= 11 is 0. The first-order valence-corrected chi connectivity index (χ1v) is 6.76. The Morgan fingerprint density at radius 3 is 2.89 bits per heavy atom. The van der Waals surface area contributed by atoms with E-state index < -0.39 is 0 Å². The van der Waals surface area contributed by atoms with E-state index in [9.17, 15) is 0 Å². The van der Waals surface area contributed by atoms with Gasteiger partial charge in [0, 0.05) is 19.1 Å². The first-order chi connectivity index (χ1) is 8.74. The fourth-order valence-electron chi connectivity index (χ4n) is 2.32. The van der Waals surface area contributed by atoms with Crippen LogP contribution in [0.4, 0.5) is 0 Å². The van der Waals surface area contributed by atoms with E-state index in [1.807, 2.05) is 19.2 Å². The number of aryl methyl sites for hydroxylation is 1. The molecule has 1 aliphatic rings. The Morgan fingerprint density at radius 1 is 1.39 bits per heavy atom. The van der Waals surface area contributed by atoms with E-state index in [2.05, 4.69) is 31.3 Å². The zero-order valence-electron chi connectivity index (χ0n) is 11.5. The van der Waals surface area contributed by atoms with E-state index >= 15 is 0 Å². The maximum Gasteiger partial charge on any atom is 0.128 e. The van der Waals surface area contributed by atoms with Crippen LogP contribution in [-0.2, 0) is 4.74 Å². The van der Waals surface area contributed by atoms with Crippen LogP contribution < -0.4 is 10.1 Å². The summed E-state index contributed by atoms with van der Waals surface area (Å²) in [6.45, 7) is 5.01. The Hall–Kier alpha value is -1.06. The molecule has 1 aromatic rings. The van der Waals surface area contributed by atoms with Crippen molar-refractivity contribution < 1.29 is 9.47 Å². The molecular formula is C15H23NO2. The number of nitrogens with one attached hydrogen (secondary N) is 1. The van der Waals surface area contributed by atoms with E-state index in [-0.39, 0.29) is 12.2 Å². The highest BCUT2D eigenvalue weighted by Gasteiger charge is 2.42. The van der Waals surface area contributed by atoms with Gasteiger partial charge in [-0.15, -0.1) is 0 Å². The molecule has 1 aromatic carbocycles. The van der Waals surface area contributed by atoms with Crippen LogP contribution in [0.2, 0.25) is 0 Å². The molecule has 0 aromatic heterocycles. The molecule has 1 saturated carbocycles. The van der Waals surface area contributed by atoms with E-state index in [0.29, 0.717) is 6.04 Å². The minimum atomic E-state index is 0.176. The van der Waals surface area contributed by atoms with E-state index in [0.717, 1.165) is 25.2 Å². The number of hydrogen-bond donors (Lipinski definition) is 1. The Labute approximate surface area is 109 Å². The van der Waals surface area contributed by atoms with Gasteiger partial charge in [0.25, 0.3) is 0 Å². The molecule has 3 heteroatoms. The molecule has 0 radical (unpaired) electrons. The van der Waals surface area contributed by atoms with Gasteiger partial charge >= 0.3 is 0 Å². The molecule has 18 heavy (non-hydrogen) atoms. The molecule has 0 heterocycles. The fraction of sp³-hybridized carbons (Fsp3) is 0.600. The van der Waals surface area contributed by atoms with Gasteiger partial charge in [-0.3, -0.25) is 0 Å². The quantitative estimate of drug-likeness (QED) is 0.840. The van der Waals surface area contributed by atoms with Crippen LogP contribution in [0.25, 0.3) is 0 Å². The third kappa shape index (κ3) is 3.03. The molecule has 3 unspecified atom stereocenters. The van der Waals surface area contributed by atoms with Gasteiger partial charge in [0.15, 0.2) is 0 Å². The van der Waals surface area contributed by atoms with Crippen molar-refractivity contribution in [3.8, 4) is 5.75 Å². The zero-order valence-corrected chi connectivity index (χ0v) is 11.5. The molecule has 1 fully saturated rings. The van der Waals surface area contributed by atoms with Gasteiger partial charge < -0.3 is 14.8 Å². The van der Waals surface area contributed by atoms with Crippen LogP contribution in [0.3, 0.4) is 0 Å². The second kappa shape index (κ2) is 6.21. The molecule has 3 atom stereocenters. The monoisotopic (exact) mass is 249 g/mol. The average Bonchev–Trinajstić information content (AvgIpc) is 2.34. The first-order valence-electron chi connectivity index (χ1n) is 6.76. The van der Waals surface area contributed by atoms with Crippen molar-refractivity contribution in [2.45, 2.75) is 44.9 Å². The van der Waals surface area contributed by atoms with Gasteiger partial charge in [-0.25, -0.2) is 0 Å². The summed E-state index contributed by atoms with van der Waals surface area (Å²) in [7, 11) is 1.98. The van der Waals surface area contributed by atoms with Crippen LogP contribution in [0.1, 0.15) is 25.3 Å². The summed E-state index contributed by atoms with van der Waals surface area (Å²) in [4.78, 5) is 0. The minimum Gasteiger partial charge on any atom is -0.488 e. The van der Waals surface area contributed by atoms with Crippen LogP contribution in [0.15, 0.2) is 24.3 Å². The van der Waals surface area contributed by atoms with E-state index in [1.54, 1.807) is 0 Å². The first kappa shape index (κ1) is 13.4. The molecule has 0 aliphatic heterocycles. The van der Waals surface area contributed by atoms with E-state index in [4.69, 9.17) is 9.47 Å². The summed E-state index contributed by atoms with van der Waals surface area (Å²) in [5.74, 6) is 0.944. The number of rotatable bonds is 6. The second-order valence-electron chi connectivity index (χ2n) is 4.94. The molecule has 1 aliphatic carbocycles. The zero-order chi connectivity index (χ0) is 13.0. The van der Waals surface area contributed by atoms with Crippen molar-refractivity contribution in [1.29, 1.82) is 0 Å². The predicted molar refractivity (Wildman–Crippen MR) is 73.1 cm³/mol. The minimum absolute atomic E-state index is 0.176. The number of hydrogen-bond acceptors (Lipinski definition) is 3. The van der Waals surface area contributed by atoms with Crippen molar-refractivity contribution in [3.05, 3.63) is 29.8 Å². The SMILES string of the molecule is CCCOC1C(NC)CC1Oc1cccc(C)c1. The topological polar surface area (TPSA) is 30.5 Å². The molecule has 1 N–H and O–H groups in total. The van der Waals surface area contributed by atoms with Crippen molar-refractivity contribution in [1.82, 2.24) is 5.32 Å². The lowest BCUT2D eigenvalue weighted by Crippen LogP contribution is -2.60. The molecule has 2 rings (SSSR count). The molecule has 3 nitrogen and oxygen atoms in total. The standard InChI is InChI=1S/C15H23NO2/c1-4-8-17-15-13(16-3)10-14(15)18-12-7-5-6-11(2)9-12/h5-7,9,13-16H,4,8,10H2,1-3H3. The lowest BCUT2D eigenvalue weighted by atomic mass is 9.85. The van der Waals surface area contributed by atoms with Crippen molar-refractivity contribution in [2.75, 3.05) is 13.7 Å². The lowest BCUT2D eigenvalue weighted by Gasteiger charge is -2.43. The van der Waals surface area contributed by atoms with Crippen LogP contribution in [0.5, 0.6) is 5.75 Å².